The van der Waals surface area contributed by atoms with Crippen LogP contribution in [0.3, 0.4) is 0 Å². The summed E-state index contributed by atoms with van der Waals surface area (Å²) in [6.07, 6.45) is 0. The number of primary amides is 1. The molecule has 0 aliphatic carbocycles. The molecule has 2 rings (SSSR count). The van der Waals surface area contributed by atoms with Crippen molar-refractivity contribution in [2.75, 3.05) is 18.0 Å². The highest BCUT2D eigenvalue weighted by Gasteiger charge is 2.15. The lowest BCUT2D eigenvalue weighted by atomic mass is 10.1. The summed E-state index contributed by atoms with van der Waals surface area (Å²) < 4.78 is 0. The van der Waals surface area contributed by atoms with Gasteiger partial charge < -0.3 is 10.6 Å². The summed E-state index contributed by atoms with van der Waals surface area (Å²) in [6, 6.07) is 7.83. The largest absolute Gasteiger partial charge is 0.372 e. The zero-order chi connectivity index (χ0) is 13.8. The van der Waals surface area contributed by atoms with Gasteiger partial charge in [0.1, 0.15) is 5.69 Å². The summed E-state index contributed by atoms with van der Waals surface area (Å²) in [5.74, 6) is -0.587. The second kappa shape index (κ2) is 5.51. The molecule has 19 heavy (non-hydrogen) atoms. The number of nitrogens with zero attached hydrogens (tertiary/aromatic N) is 3. The zero-order valence-corrected chi connectivity index (χ0v) is 11.1. The molecule has 0 aliphatic heterocycles. The van der Waals surface area contributed by atoms with Gasteiger partial charge in [0.15, 0.2) is 5.69 Å². The minimum Gasteiger partial charge on any atom is -0.372 e. The molecular formula is C13H17N5O. The lowest BCUT2D eigenvalue weighted by Crippen LogP contribution is -2.21. The van der Waals surface area contributed by atoms with Crippen LogP contribution in [0.1, 0.15) is 24.3 Å². The highest BCUT2D eigenvalue weighted by Crippen LogP contribution is 2.23. The zero-order valence-electron chi connectivity index (χ0n) is 11.1. The van der Waals surface area contributed by atoms with E-state index in [9.17, 15) is 4.79 Å². The van der Waals surface area contributed by atoms with E-state index in [-0.39, 0.29) is 5.69 Å². The fraction of sp³-hybridized carbons (Fsp3) is 0.308. The van der Waals surface area contributed by atoms with Gasteiger partial charge in [-0.2, -0.15) is 15.4 Å². The number of nitrogens with one attached hydrogen (secondary N) is 1. The van der Waals surface area contributed by atoms with Crippen molar-refractivity contribution in [3.8, 4) is 11.3 Å². The topological polar surface area (TPSA) is 87.9 Å². The van der Waals surface area contributed by atoms with E-state index < -0.39 is 5.91 Å². The number of carbonyl (C=O) groups is 1. The SMILES string of the molecule is CCN(CC)c1ccc(-c2n[nH]nc2C(N)=O)cc1. The summed E-state index contributed by atoms with van der Waals surface area (Å²) in [5.41, 5.74) is 7.85. The Hall–Kier alpha value is -2.37. The van der Waals surface area contributed by atoms with E-state index in [1.54, 1.807) is 0 Å². The second-order valence-electron chi connectivity index (χ2n) is 4.10. The van der Waals surface area contributed by atoms with Crippen LogP contribution >= 0.6 is 0 Å². The molecule has 6 nitrogen and oxygen atoms in total. The quantitative estimate of drug-likeness (QED) is 0.850. The molecular weight excluding hydrogens is 242 g/mol. The Kier molecular flexibility index (Phi) is 3.79. The van der Waals surface area contributed by atoms with Crippen molar-refractivity contribution in [2.45, 2.75) is 13.8 Å². The predicted molar refractivity (Wildman–Crippen MR) is 73.9 cm³/mol. The van der Waals surface area contributed by atoms with Crippen LogP contribution in [-0.4, -0.2) is 34.4 Å². The van der Waals surface area contributed by atoms with Gasteiger partial charge in [-0.15, -0.1) is 0 Å². The lowest BCUT2D eigenvalue weighted by molar-refractivity contribution is 0.0996. The average Bonchev–Trinajstić information content (AvgIpc) is 2.90. The molecule has 3 N–H and O–H groups in total. The number of anilines is 1. The van der Waals surface area contributed by atoms with Crippen LogP contribution in [0, 0.1) is 0 Å². The second-order valence-corrected chi connectivity index (χ2v) is 4.10. The molecule has 1 aromatic heterocycles. The third-order valence-corrected chi connectivity index (χ3v) is 3.05. The molecule has 0 saturated carbocycles. The first-order chi connectivity index (χ1) is 9.17. The van der Waals surface area contributed by atoms with E-state index in [4.69, 9.17) is 5.73 Å². The van der Waals surface area contributed by atoms with E-state index in [1.807, 2.05) is 24.3 Å². The third-order valence-electron chi connectivity index (χ3n) is 3.05. The number of amides is 1. The first-order valence-corrected chi connectivity index (χ1v) is 6.23. The van der Waals surface area contributed by atoms with Crippen LogP contribution in [0.2, 0.25) is 0 Å². The number of hydrogen-bond donors (Lipinski definition) is 2. The van der Waals surface area contributed by atoms with Gasteiger partial charge in [0, 0.05) is 24.3 Å². The molecule has 0 saturated heterocycles. The van der Waals surface area contributed by atoms with E-state index in [1.165, 1.54) is 0 Å². The molecule has 2 aromatic rings. The van der Waals surface area contributed by atoms with Crippen LogP contribution < -0.4 is 10.6 Å². The van der Waals surface area contributed by atoms with E-state index >= 15 is 0 Å². The highest BCUT2D eigenvalue weighted by molar-refractivity contribution is 5.96. The number of hydrogen-bond acceptors (Lipinski definition) is 4. The molecule has 0 atom stereocenters. The minimum absolute atomic E-state index is 0.163. The lowest BCUT2D eigenvalue weighted by Gasteiger charge is -2.20. The molecule has 0 fully saturated rings. The molecule has 1 heterocycles. The number of nitrogens with two attached hydrogens (primary N) is 1. The first-order valence-electron chi connectivity index (χ1n) is 6.23. The maximum absolute atomic E-state index is 11.2. The summed E-state index contributed by atoms with van der Waals surface area (Å²) in [6.45, 7) is 6.12. The van der Waals surface area contributed by atoms with Crippen LogP contribution in [0.15, 0.2) is 24.3 Å². The van der Waals surface area contributed by atoms with E-state index in [0.29, 0.717) is 5.69 Å². The normalized spacial score (nSPS) is 10.4. The first kappa shape index (κ1) is 13.1. The Labute approximate surface area is 111 Å². The number of aromatic nitrogens is 3. The van der Waals surface area contributed by atoms with E-state index in [2.05, 4.69) is 34.2 Å². The smallest absolute Gasteiger partial charge is 0.271 e. The Morgan fingerprint density at radius 2 is 1.84 bits per heavy atom. The fourth-order valence-electron chi connectivity index (χ4n) is 2.02. The fourth-order valence-corrected chi connectivity index (χ4v) is 2.02. The average molecular weight is 259 g/mol. The van der Waals surface area contributed by atoms with Crippen LogP contribution in [0.5, 0.6) is 0 Å². The molecule has 0 bridgehead atoms. The minimum atomic E-state index is -0.587. The number of benzene rings is 1. The van der Waals surface area contributed by atoms with E-state index in [0.717, 1.165) is 24.3 Å². The van der Waals surface area contributed by atoms with Crippen molar-refractivity contribution in [1.29, 1.82) is 0 Å². The van der Waals surface area contributed by atoms with Crippen molar-refractivity contribution in [3.05, 3.63) is 30.0 Å². The monoisotopic (exact) mass is 259 g/mol. The number of carbonyl (C=O) groups excluding carboxylic acids is 1. The van der Waals surface area contributed by atoms with Crippen molar-refractivity contribution < 1.29 is 4.79 Å². The summed E-state index contributed by atoms with van der Waals surface area (Å²) in [5, 5.41) is 10.2. The molecule has 0 spiro atoms. The molecule has 1 aromatic carbocycles. The Morgan fingerprint density at radius 3 is 2.37 bits per heavy atom. The van der Waals surface area contributed by atoms with Gasteiger partial charge in [-0.3, -0.25) is 4.79 Å². The third kappa shape index (κ3) is 2.57. The maximum atomic E-state index is 11.2. The molecule has 0 unspecified atom stereocenters. The Morgan fingerprint density at radius 1 is 1.21 bits per heavy atom. The van der Waals surface area contributed by atoms with Crippen molar-refractivity contribution in [1.82, 2.24) is 15.4 Å². The van der Waals surface area contributed by atoms with Gasteiger partial charge in [-0.1, -0.05) is 12.1 Å². The van der Waals surface area contributed by atoms with Crippen molar-refractivity contribution in [3.63, 3.8) is 0 Å². The summed E-state index contributed by atoms with van der Waals surface area (Å²) in [7, 11) is 0. The van der Waals surface area contributed by atoms with Crippen LogP contribution in [0.25, 0.3) is 11.3 Å². The number of aromatic amines is 1. The van der Waals surface area contributed by atoms with Crippen LogP contribution in [0.4, 0.5) is 5.69 Å². The van der Waals surface area contributed by atoms with Crippen molar-refractivity contribution in [2.24, 2.45) is 5.73 Å². The summed E-state index contributed by atoms with van der Waals surface area (Å²) in [4.78, 5) is 13.5. The molecule has 100 valence electrons. The van der Waals surface area contributed by atoms with Crippen molar-refractivity contribution >= 4 is 11.6 Å². The number of rotatable bonds is 5. The molecule has 0 radical (unpaired) electrons. The van der Waals surface area contributed by atoms with Crippen LogP contribution in [-0.2, 0) is 0 Å². The highest BCUT2D eigenvalue weighted by atomic mass is 16.1. The van der Waals surface area contributed by atoms with Gasteiger partial charge in [-0.05, 0) is 26.0 Å². The Bertz CT molecular complexity index is 557. The Balaban J connectivity index is 2.32. The van der Waals surface area contributed by atoms with Gasteiger partial charge in [0.05, 0.1) is 0 Å². The van der Waals surface area contributed by atoms with Gasteiger partial charge in [0.2, 0.25) is 0 Å². The maximum Gasteiger partial charge on any atom is 0.271 e. The number of H-pyrrole nitrogens is 1. The predicted octanol–water partition coefficient (Wildman–Crippen LogP) is 1.42. The standard InChI is InChI=1S/C13H17N5O/c1-3-18(4-2)10-7-5-9(6-8-10)11-12(13(14)19)16-17-15-11/h5-8H,3-4H2,1-2H3,(H2,14,19)(H,15,16,17). The van der Waals surface area contributed by atoms with Gasteiger partial charge in [0.25, 0.3) is 5.91 Å². The molecule has 6 heteroatoms. The van der Waals surface area contributed by atoms with Gasteiger partial charge in [-0.25, -0.2) is 0 Å². The molecule has 0 aliphatic rings. The summed E-state index contributed by atoms with van der Waals surface area (Å²) >= 11 is 0. The molecule has 1 amide bonds. The van der Waals surface area contributed by atoms with Gasteiger partial charge >= 0.3 is 0 Å².